The monoisotopic (exact) mass is 140 g/mol. The van der Waals surface area contributed by atoms with Gasteiger partial charge in [-0.25, -0.2) is 0 Å². The lowest BCUT2D eigenvalue weighted by Gasteiger charge is -2.19. The number of hydrogen-bond acceptors (Lipinski definition) is 1. The minimum atomic E-state index is 0.287. The van der Waals surface area contributed by atoms with Crippen molar-refractivity contribution in [2.75, 3.05) is 0 Å². The van der Waals surface area contributed by atoms with Gasteiger partial charge in [0.2, 0.25) is 0 Å². The Morgan fingerprint density at radius 3 is 2.44 bits per heavy atom. The first-order valence-electron chi connectivity index (χ1n) is 3.14. The molecule has 0 aromatic rings. The molecule has 0 aliphatic carbocycles. The van der Waals surface area contributed by atoms with E-state index < -0.39 is 0 Å². The molecule has 0 aromatic carbocycles. The highest BCUT2D eigenvalue weighted by Crippen LogP contribution is 2.32. The summed E-state index contributed by atoms with van der Waals surface area (Å²) in [6.45, 7) is 6.58. The standard InChI is InChI=1S/C8H12S/c1-7-6-8(2,3)4-5-9-7/h4-6H,1-3H3. The van der Waals surface area contributed by atoms with Crippen LogP contribution in [0.4, 0.5) is 0 Å². The zero-order chi connectivity index (χ0) is 6.91. The van der Waals surface area contributed by atoms with Crippen LogP contribution in [0.2, 0.25) is 0 Å². The fourth-order valence-corrected chi connectivity index (χ4v) is 1.93. The van der Waals surface area contributed by atoms with Crippen molar-refractivity contribution >= 4 is 11.8 Å². The molecule has 1 aliphatic rings. The molecule has 0 atom stereocenters. The maximum absolute atomic E-state index is 2.29. The SMILES string of the molecule is CC1=CC(C)(C)C=CS1. The first-order chi connectivity index (χ1) is 4.10. The molecule has 0 bridgehead atoms. The summed E-state index contributed by atoms with van der Waals surface area (Å²) in [6.07, 6.45) is 4.52. The van der Waals surface area contributed by atoms with E-state index in [1.54, 1.807) is 11.8 Å². The molecule has 0 nitrogen and oxygen atoms in total. The predicted octanol–water partition coefficient (Wildman–Crippen LogP) is 3.18. The molecule has 0 amide bonds. The van der Waals surface area contributed by atoms with Crippen molar-refractivity contribution in [3.05, 3.63) is 22.5 Å². The lowest BCUT2D eigenvalue weighted by atomic mass is 9.93. The van der Waals surface area contributed by atoms with Gasteiger partial charge in [-0.2, -0.15) is 0 Å². The molecule has 0 radical (unpaired) electrons. The van der Waals surface area contributed by atoms with E-state index in [-0.39, 0.29) is 5.41 Å². The van der Waals surface area contributed by atoms with Gasteiger partial charge in [-0.1, -0.05) is 26.0 Å². The second-order valence-electron chi connectivity index (χ2n) is 3.00. The van der Waals surface area contributed by atoms with Crippen LogP contribution in [0.25, 0.3) is 0 Å². The van der Waals surface area contributed by atoms with E-state index in [1.807, 2.05) is 0 Å². The van der Waals surface area contributed by atoms with Gasteiger partial charge >= 0.3 is 0 Å². The second kappa shape index (κ2) is 2.22. The lowest BCUT2D eigenvalue weighted by molar-refractivity contribution is 0.623. The Labute approximate surface area is 61.0 Å². The van der Waals surface area contributed by atoms with E-state index in [4.69, 9.17) is 0 Å². The van der Waals surface area contributed by atoms with Crippen molar-refractivity contribution in [2.24, 2.45) is 5.41 Å². The second-order valence-corrected chi connectivity index (χ2v) is 4.15. The number of rotatable bonds is 0. The van der Waals surface area contributed by atoms with Gasteiger partial charge in [-0.05, 0) is 17.2 Å². The van der Waals surface area contributed by atoms with Crippen LogP contribution < -0.4 is 0 Å². The molecular formula is C8H12S. The molecule has 9 heavy (non-hydrogen) atoms. The fraction of sp³-hybridized carbons (Fsp3) is 0.500. The fourth-order valence-electron chi connectivity index (χ4n) is 0.923. The average molecular weight is 140 g/mol. The summed E-state index contributed by atoms with van der Waals surface area (Å²) in [5, 5.41) is 2.16. The van der Waals surface area contributed by atoms with E-state index in [9.17, 15) is 0 Å². The summed E-state index contributed by atoms with van der Waals surface area (Å²) in [5.41, 5.74) is 0.287. The van der Waals surface area contributed by atoms with Crippen LogP contribution in [0.15, 0.2) is 22.5 Å². The predicted molar refractivity (Wildman–Crippen MR) is 44.3 cm³/mol. The van der Waals surface area contributed by atoms with Crippen molar-refractivity contribution in [2.45, 2.75) is 20.8 Å². The van der Waals surface area contributed by atoms with Crippen molar-refractivity contribution in [3.8, 4) is 0 Å². The van der Waals surface area contributed by atoms with E-state index in [1.165, 1.54) is 4.91 Å². The molecule has 0 unspecified atom stereocenters. The Morgan fingerprint density at radius 2 is 2.11 bits per heavy atom. The van der Waals surface area contributed by atoms with Gasteiger partial charge in [0, 0.05) is 5.41 Å². The van der Waals surface area contributed by atoms with Gasteiger partial charge in [0.15, 0.2) is 0 Å². The molecule has 0 spiro atoms. The van der Waals surface area contributed by atoms with Gasteiger partial charge in [-0.3, -0.25) is 0 Å². The van der Waals surface area contributed by atoms with Crippen molar-refractivity contribution in [1.29, 1.82) is 0 Å². The van der Waals surface area contributed by atoms with Crippen molar-refractivity contribution in [3.63, 3.8) is 0 Å². The Bertz CT molecular complexity index is 163. The van der Waals surface area contributed by atoms with Gasteiger partial charge in [-0.15, -0.1) is 11.8 Å². The van der Waals surface area contributed by atoms with Crippen LogP contribution >= 0.6 is 11.8 Å². The molecule has 0 saturated carbocycles. The van der Waals surface area contributed by atoms with Crippen LogP contribution in [0.5, 0.6) is 0 Å². The van der Waals surface area contributed by atoms with Crippen molar-refractivity contribution in [1.82, 2.24) is 0 Å². The molecule has 1 heterocycles. The highest BCUT2D eigenvalue weighted by Gasteiger charge is 2.12. The molecule has 0 fully saturated rings. The highest BCUT2D eigenvalue weighted by atomic mass is 32.2. The van der Waals surface area contributed by atoms with Gasteiger partial charge in [0.1, 0.15) is 0 Å². The van der Waals surface area contributed by atoms with E-state index >= 15 is 0 Å². The highest BCUT2D eigenvalue weighted by molar-refractivity contribution is 8.05. The molecule has 1 rings (SSSR count). The van der Waals surface area contributed by atoms with Crippen LogP contribution in [-0.4, -0.2) is 0 Å². The molecular weight excluding hydrogens is 128 g/mol. The summed E-state index contributed by atoms with van der Waals surface area (Å²) in [5.74, 6) is 0. The molecule has 0 saturated heterocycles. The third-order valence-corrected chi connectivity index (χ3v) is 2.09. The van der Waals surface area contributed by atoms with Crippen LogP contribution in [-0.2, 0) is 0 Å². The van der Waals surface area contributed by atoms with Crippen LogP contribution in [0.1, 0.15) is 20.8 Å². The molecule has 1 heteroatoms. The minimum Gasteiger partial charge on any atom is -0.103 e. The van der Waals surface area contributed by atoms with Crippen molar-refractivity contribution < 1.29 is 0 Å². The van der Waals surface area contributed by atoms with Gasteiger partial charge < -0.3 is 0 Å². The summed E-state index contributed by atoms with van der Waals surface area (Å²) in [6, 6.07) is 0. The quantitative estimate of drug-likeness (QED) is 0.498. The Morgan fingerprint density at radius 1 is 1.44 bits per heavy atom. The summed E-state index contributed by atoms with van der Waals surface area (Å²) in [4.78, 5) is 1.41. The Hall–Kier alpha value is -0.170. The topological polar surface area (TPSA) is 0 Å². The number of thioether (sulfide) groups is 1. The number of hydrogen-bond donors (Lipinski definition) is 0. The zero-order valence-corrected chi connectivity index (χ0v) is 6.96. The van der Waals surface area contributed by atoms with Crippen LogP contribution in [0.3, 0.4) is 0 Å². The zero-order valence-electron chi connectivity index (χ0n) is 6.14. The average Bonchev–Trinajstić information content (AvgIpc) is 1.60. The van der Waals surface area contributed by atoms with Gasteiger partial charge in [0.05, 0.1) is 0 Å². The maximum Gasteiger partial charge on any atom is 0.00235 e. The first kappa shape index (κ1) is 6.94. The summed E-state index contributed by atoms with van der Waals surface area (Å²) in [7, 11) is 0. The largest absolute Gasteiger partial charge is 0.103 e. The molecule has 1 aliphatic heterocycles. The third-order valence-electron chi connectivity index (χ3n) is 1.33. The summed E-state index contributed by atoms with van der Waals surface area (Å²) < 4.78 is 0. The van der Waals surface area contributed by atoms with Crippen LogP contribution in [0, 0.1) is 5.41 Å². The first-order valence-corrected chi connectivity index (χ1v) is 4.02. The lowest BCUT2D eigenvalue weighted by Crippen LogP contribution is -2.04. The molecule has 0 N–H and O–H groups in total. The molecule has 50 valence electrons. The summed E-state index contributed by atoms with van der Waals surface area (Å²) >= 11 is 1.80. The van der Waals surface area contributed by atoms with E-state index in [0.29, 0.717) is 0 Å². The van der Waals surface area contributed by atoms with E-state index in [2.05, 4.69) is 38.3 Å². The Kier molecular flexibility index (Phi) is 1.71. The maximum atomic E-state index is 2.29. The minimum absolute atomic E-state index is 0.287. The third kappa shape index (κ3) is 1.90. The van der Waals surface area contributed by atoms with E-state index in [0.717, 1.165) is 0 Å². The Balaban J connectivity index is 2.78. The smallest absolute Gasteiger partial charge is 0.00235 e. The normalized spacial score (nSPS) is 23.7. The van der Waals surface area contributed by atoms with Gasteiger partial charge in [0.25, 0.3) is 0 Å². The number of allylic oxidation sites excluding steroid dienone is 3. The molecule has 0 aromatic heterocycles.